The summed E-state index contributed by atoms with van der Waals surface area (Å²) in [6.45, 7) is 2.64. The van der Waals surface area contributed by atoms with Crippen molar-refractivity contribution in [2.75, 3.05) is 19.0 Å². The van der Waals surface area contributed by atoms with E-state index < -0.39 is 5.97 Å². The van der Waals surface area contributed by atoms with Crippen LogP contribution in [0.25, 0.3) is 0 Å². The summed E-state index contributed by atoms with van der Waals surface area (Å²) in [5, 5.41) is 11.8. The summed E-state index contributed by atoms with van der Waals surface area (Å²) in [6, 6.07) is 4.46. The summed E-state index contributed by atoms with van der Waals surface area (Å²) >= 11 is 0. The minimum absolute atomic E-state index is 0.0409. The summed E-state index contributed by atoms with van der Waals surface area (Å²) < 4.78 is 5.04. The van der Waals surface area contributed by atoms with Crippen molar-refractivity contribution in [2.45, 2.75) is 26.2 Å². The maximum Gasteiger partial charge on any atom is 0.337 e. The molecule has 6 nitrogen and oxygen atoms in total. The van der Waals surface area contributed by atoms with Crippen LogP contribution in [0.4, 0.5) is 5.69 Å². The molecule has 0 spiro atoms. The molecule has 21 heavy (non-hydrogen) atoms. The molecule has 1 unspecified atom stereocenters. The predicted molar refractivity (Wildman–Crippen MR) is 80.7 cm³/mol. The number of anilines is 1. The Bertz CT molecular complexity index is 502. The average molecular weight is 294 g/mol. The van der Waals surface area contributed by atoms with E-state index in [0.29, 0.717) is 24.6 Å². The highest BCUT2D eigenvalue weighted by molar-refractivity contribution is 6.00. The number of benzene rings is 1. The monoisotopic (exact) mass is 294 g/mol. The van der Waals surface area contributed by atoms with Crippen molar-refractivity contribution in [3.63, 3.8) is 0 Å². The van der Waals surface area contributed by atoms with Crippen molar-refractivity contribution in [1.82, 2.24) is 0 Å². The van der Waals surface area contributed by atoms with E-state index in [1.54, 1.807) is 6.07 Å². The Balaban J connectivity index is 2.72. The van der Waals surface area contributed by atoms with Gasteiger partial charge in [-0.25, -0.2) is 4.79 Å². The second-order valence-electron chi connectivity index (χ2n) is 4.99. The molecule has 0 bridgehead atoms. The first-order valence-corrected chi connectivity index (χ1v) is 6.89. The second kappa shape index (κ2) is 8.26. The zero-order chi connectivity index (χ0) is 15.8. The van der Waals surface area contributed by atoms with Crippen LogP contribution >= 0.6 is 0 Å². The SMILES string of the molecule is COc1ccc(C(=O)O)c(NC(=O)CCC(C)CCN)c1. The topological polar surface area (TPSA) is 102 Å². The predicted octanol–water partition coefficient (Wildman–Crippen LogP) is 2.10. The molecule has 0 aliphatic rings. The molecule has 6 heteroatoms. The van der Waals surface area contributed by atoms with E-state index >= 15 is 0 Å². The van der Waals surface area contributed by atoms with Crippen LogP contribution in [0.15, 0.2) is 18.2 Å². The van der Waals surface area contributed by atoms with Crippen LogP contribution in [0.5, 0.6) is 5.75 Å². The van der Waals surface area contributed by atoms with Crippen LogP contribution in [0, 0.1) is 5.92 Å². The first kappa shape index (κ1) is 17.0. The van der Waals surface area contributed by atoms with Crippen LogP contribution < -0.4 is 15.8 Å². The molecule has 1 aromatic carbocycles. The normalized spacial score (nSPS) is 11.8. The van der Waals surface area contributed by atoms with Gasteiger partial charge in [-0.05, 0) is 37.4 Å². The van der Waals surface area contributed by atoms with Gasteiger partial charge in [0.25, 0.3) is 0 Å². The first-order valence-electron chi connectivity index (χ1n) is 6.89. The number of hydrogen-bond acceptors (Lipinski definition) is 4. The third-order valence-electron chi connectivity index (χ3n) is 3.25. The van der Waals surface area contributed by atoms with E-state index in [-0.39, 0.29) is 17.2 Å². The fraction of sp³-hybridized carbons (Fsp3) is 0.467. The molecular formula is C15H22N2O4. The molecule has 0 heterocycles. The Kier molecular flexibility index (Phi) is 6.68. The van der Waals surface area contributed by atoms with Gasteiger partial charge in [-0.1, -0.05) is 6.92 Å². The van der Waals surface area contributed by atoms with Gasteiger partial charge in [-0.2, -0.15) is 0 Å². The Labute approximate surface area is 124 Å². The van der Waals surface area contributed by atoms with Gasteiger partial charge in [-0.15, -0.1) is 0 Å². The highest BCUT2D eigenvalue weighted by Crippen LogP contribution is 2.23. The minimum Gasteiger partial charge on any atom is -0.497 e. The number of amides is 1. The van der Waals surface area contributed by atoms with E-state index in [1.807, 2.05) is 6.92 Å². The van der Waals surface area contributed by atoms with E-state index in [9.17, 15) is 9.59 Å². The van der Waals surface area contributed by atoms with Crippen molar-refractivity contribution in [3.05, 3.63) is 23.8 Å². The van der Waals surface area contributed by atoms with Gasteiger partial charge in [0.1, 0.15) is 5.75 Å². The molecule has 0 fully saturated rings. The van der Waals surface area contributed by atoms with Crippen molar-refractivity contribution >= 4 is 17.6 Å². The largest absolute Gasteiger partial charge is 0.497 e. The Morgan fingerprint density at radius 2 is 2.10 bits per heavy atom. The van der Waals surface area contributed by atoms with Crippen LogP contribution in [-0.4, -0.2) is 30.6 Å². The molecule has 116 valence electrons. The Morgan fingerprint density at radius 3 is 2.67 bits per heavy atom. The first-order chi connectivity index (χ1) is 9.97. The summed E-state index contributed by atoms with van der Waals surface area (Å²) in [7, 11) is 1.48. The minimum atomic E-state index is -1.09. The number of nitrogens with two attached hydrogens (primary N) is 1. The molecule has 0 saturated heterocycles. The molecule has 0 aliphatic heterocycles. The summed E-state index contributed by atoms with van der Waals surface area (Å²) in [6.07, 6.45) is 1.92. The van der Waals surface area contributed by atoms with Gasteiger partial charge in [0.05, 0.1) is 18.4 Å². The van der Waals surface area contributed by atoms with Crippen LogP contribution in [0.1, 0.15) is 36.5 Å². The summed E-state index contributed by atoms with van der Waals surface area (Å²) in [4.78, 5) is 23.1. The molecule has 1 atom stereocenters. The highest BCUT2D eigenvalue weighted by Gasteiger charge is 2.14. The zero-order valence-electron chi connectivity index (χ0n) is 12.4. The van der Waals surface area contributed by atoms with Crippen LogP contribution in [0.2, 0.25) is 0 Å². The number of carbonyl (C=O) groups is 2. The number of rotatable bonds is 8. The van der Waals surface area contributed by atoms with Crippen molar-refractivity contribution in [2.24, 2.45) is 11.7 Å². The fourth-order valence-electron chi connectivity index (χ4n) is 1.96. The quantitative estimate of drug-likeness (QED) is 0.681. The number of hydrogen-bond donors (Lipinski definition) is 3. The maximum atomic E-state index is 11.9. The Hall–Kier alpha value is -2.08. The third-order valence-corrected chi connectivity index (χ3v) is 3.25. The lowest BCUT2D eigenvalue weighted by molar-refractivity contribution is -0.116. The molecule has 0 radical (unpaired) electrons. The molecule has 1 aromatic rings. The van der Waals surface area contributed by atoms with E-state index in [0.717, 1.165) is 12.8 Å². The second-order valence-corrected chi connectivity index (χ2v) is 4.99. The van der Waals surface area contributed by atoms with E-state index in [4.69, 9.17) is 15.6 Å². The lowest BCUT2D eigenvalue weighted by atomic mass is 10.0. The van der Waals surface area contributed by atoms with Gasteiger partial charge < -0.3 is 20.9 Å². The fourth-order valence-corrected chi connectivity index (χ4v) is 1.96. The standard InChI is InChI=1S/C15H22N2O4/c1-10(7-8-16)3-6-14(18)17-13-9-11(21-2)4-5-12(13)15(19)20/h4-5,9-10H,3,6-8,16H2,1-2H3,(H,17,18)(H,19,20). The average Bonchev–Trinajstić information content (AvgIpc) is 2.45. The molecular weight excluding hydrogens is 272 g/mol. The number of methoxy groups -OCH3 is 1. The van der Waals surface area contributed by atoms with Gasteiger partial charge in [0.15, 0.2) is 0 Å². The number of nitrogens with one attached hydrogen (secondary N) is 1. The highest BCUT2D eigenvalue weighted by atomic mass is 16.5. The summed E-state index contributed by atoms with van der Waals surface area (Å²) in [5.74, 6) is -0.448. The van der Waals surface area contributed by atoms with Gasteiger partial charge >= 0.3 is 5.97 Å². The van der Waals surface area contributed by atoms with Crippen molar-refractivity contribution in [3.8, 4) is 5.75 Å². The van der Waals surface area contributed by atoms with E-state index in [1.165, 1.54) is 19.2 Å². The van der Waals surface area contributed by atoms with Gasteiger partial charge in [0, 0.05) is 12.5 Å². The van der Waals surface area contributed by atoms with Crippen LogP contribution in [0.3, 0.4) is 0 Å². The van der Waals surface area contributed by atoms with Crippen LogP contribution in [-0.2, 0) is 4.79 Å². The van der Waals surface area contributed by atoms with E-state index in [2.05, 4.69) is 5.32 Å². The zero-order valence-corrected chi connectivity index (χ0v) is 12.4. The maximum absolute atomic E-state index is 11.9. The molecule has 0 saturated carbocycles. The number of carboxylic acids is 1. The van der Waals surface area contributed by atoms with Gasteiger partial charge in [0.2, 0.25) is 5.91 Å². The number of carbonyl (C=O) groups excluding carboxylic acids is 1. The smallest absolute Gasteiger partial charge is 0.337 e. The van der Waals surface area contributed by atoms with Crippen molar-refractivity contribution in [1.29, 1.82) is 0 Å². The molecule has 1 amide bonds. The molecule has 4 N–H and O–H groups in total. The molecule has 0 aliphatic carbocycles. The molecule has 0 aromatic heterocycles. The lowest BCUT2D eigenvalue weighted by Gasteiger charge is -2.12. The molecule has 1 rings (SSSR count). The van der Waals surface area contributed by atoms with Crippen molar-refractivity contribution < 1.29 is 19.4 Å². The number of aromatic carboxylic acids is 1. The number of ether oxygens (including phenoxy) is 1. The lowest BCUT2D eigenvalue weighted by Crippen LogP contribution is -2.16. The Morgan fingerprint density at radius 1 is 1.38 bits per heavy atom. The summed E-state index contributed by atoms with van der Waals surface area (Å²) in [5.41, 5.74) is 5.75. The number of carboxylic acid groups (broad SMARTS) is 1. The third kappa shape index (κ3) is 5.43. The van der Waals surface area contributed by atoms with Gasteiger partial charge in [-0.3, -0.25) is 4.79 Å².